The molecule has 3 rings (SSSR count). The molecule has 1 fully saturated rings. The van der Waals surface area contributed by atoms with Crippen molar-refractivity contribution in [3.05, 3.63) is 60.2 Å². The van der Waals surface area contributed by atoms with Gasteiger partial charge in [0.15, 0.2) is 0 Å². The Balaban J connectivity index is 1.80. The molecule has 0 radical (unpaired) electrons. The summed E-state index contributed by atoms with van der Waals surface area (Å²) in [5.74, 6) is 0.168. The highest BCUT2D eigenvalue weighted by Gasteiger charge is 2.42. The SMILES string of the molecule is COc1ccc(N2C(=O)CC(N(CCO)Cc3ccccc3)C2=O)cc1. The molecule has 26 heavy (non-hydrogen) atoms. The second-order valence-electron chi connectivity index (χ2n) is 6.17. The van der Waals surface area contributed by atoms with E-state index in [0.29, 0.717) is 24.5 Å². The van der Waals surface area contributed by atoms with Gasteiger partial charge in [0.1, 0.15) is 5.75 Å². The lowest BCUT2D eigenvalue weighted by Crippen LogP contribution is -2.43. The Morgan fingerprint density at radius 2 is 1.81 bits per heavy atom. The van der Waals surface area contributed by atoms with Crippen LogP contribution in [0.5, 0.6) is 5.75 Å². The molecule has 0 saturated carbocycles. The number of hydrogen-bond acceptors (Lipinski definition) is 5. The molecule has 2 aromatic rings. The fourth-order valence-corrected chi connectivity index (χ4v) is 3.20. The number of anilines is 1. The molecule has 0 bridgehead atoms. The number of amides is 2. The van der Waals surface area contributed by atoms with Crippen molar-refractivity contribution in [3.63, 3.8) is 0 Å². The zero-order chi connectivity index (χ0) is 18.5. The normalized spacial score (nSPS) is 17.2. The Bertz CT molecular complexity index is 761. The summed E-state index contributed by atoms with van der Waals surface area (Å²) in [6, 6.07) is 16.0. The fourth-order valence-electron chi connectivity index (χ4n) is 3.20. The Morgan fingerprint density at radius 3 is 2.42 bits per heavy atom. The van der Waals surface area contributed by atoms with Gasteiger partial charge in [0, 0.05) is 13.1 Å². The van der Waals surface area contributed by atoms with Crippen molar-refractivity contribution >= 4 is 17.5 Å². The fraction of sp³-hybridized carbons (Fsp3) is 0.300. The van der Waals surface area contributed by atoms with E-state index in [-0.39, 0.29) is 24.8 Å². The monoisotopic (exact) mass is 354 g/mol. The van der Waals surface area contributed by atoms with Crippen LogP contribution in [0.25, 0.3) is 0 Å². The predicted octanol–water partition coefficient (Wildman–Crippen LogP) is 1.82. The minimum Gasteiger partial charge on any atom is -0.497 e. The number of benzene rings is 2. The summed E-state index contributed by atoms with van der Waals surface area (Å²) in [6.07, 6.45) is 0.109. The first kappa shape index (κ1) is 18.1. The Morgan fingerprint density at radius 1 is 1.12 bits per heavy atom. The van der Waals surface area contributed by atoms with Crippen LogP contribution in [0.15, 0.2) is 54.6 Å². The van der Waals surface area contributed by atoms with Crippen LogP contribution >= 0.6 is 0 Å². The van der Waals surface area contributed by atoms with E-state index in [2.05, 4.69) is 0 Å². The van der Waals surface area contributed by atoms with Gasteiger partial charge in [-0.1, -0.05) is 30.3 Å². The van der Waals surface area contributed by atoms with E-state index in [9.17, 15) is 14.7 Å². The molecule has 1 aliphatic heterocycles. The summed E-state index contributed by atoms with van der Waals surface area (Å²) >= 11 is 0. The van der Waals surface area contributed by atoms with E-state index in [1.165, 1.54) is 4.90 Å². The summed E-state index contributed by atoms with van der Waals surface area (Å²) in [6.45, 7) is 0.754. The maximum absolute atomic E-state index is 12.9. The average Bonchev–Trinajstić information content (AvgIpc) is 2.96. The van der Waals surface area contributed by atoms with Crippen molar-refractivity contribution in [2.24, 2.45) is 0 Å². The number of imide groups is 1. The van der Waals surface area contributed by atoms with Gasteiger partial charge in [-0.15, -0.1) is 0 Å². The number of aliphatic hydroxyl groups is 1. The summed E-state index contributed by atoms with van der Waals surface area (Å²) in [5, 5.41) is 9.40. The van der Waals surface area contributed by atoms with Crippen LogP contribution in [0, 0.1) is 0 Å². The molecule has 1 N–H and O–H groups in total. The van der Waals surface area contributed by atoms with E-state index in [0.717, 1.165) is 5.56 Å². The first-order chi connectivity index (χ1) is 12.6. The maximum Gasteiger partial charge on any atom is 0.251 e. The lowest BCUT2D eigenvalue weighted by Gasteiger charge is -2.26. The van der Waals surface area contributed by atoms with E-state index < -0.39 is 6.04 Å². The van der Waals surface area contributed by atoms with Crippen molar-refractivity contribution in [1.29, 1.82) is 0 Å². The second kappa shape index (κ2) is 8.12. The highest BCUT2D eigenvalue weighted by molar-refractivity contribution is 6.22. The van der Waals surface area contributed by atoms with Crippen molar-refractivity contribution in [2.75, 3.05) is 25.2 Å². The van der Waals surface area contributed by atoms with Crippen LogP contribution < -0.4 is 9.64 Å². The molecule has 0 aliphatic carbocycles. The first-order valence-electron chi connectivity index (χ1n) is 8.53. The van der Waals surface area contributed by atoms with Crippen molar-refractivity contribution in [3.8, 4) is 5.75 Å². The van der Waals surface area contributed by atoms with Crippen LogP contribution in [0.1, 0.15) is 12.0 Å². The number of ether oxygens (including phenoxy) is 1. The number of methoxy groups -OCH3 is 1. The number of hydrogen-bond donors (Lipinski definition) is 1. The van der Waals surface area contributed by atoms with E-state index in [4.69, 9.17) is 4.74 Å². The van der Waals surface area contributed by atoms with Gasteiger partial charge in [0.05, 0.1) is 31.9 Å². The van der Waals surface area contributed by atoms with Gasteiger partial charge < -0.3 is 9.84 Å². The molecular weight excluding hydrogens is 332 g/mol. The second-order valence-corrected chi connectivity index (χ2v) is 6.17. The van der Waals surface area contributed by atoms with Gasteiger partial charge in [-0.3, -0.25) is 14.5 Å². The number of carbonyl (C=O) groups excluding carboxylic acids is 2. The van der Waals surface area contributed by atoms with Crippen LogP contribution in [-0.4, -0.2) is 48.1 Å². The molecule has 0 spiro atoms. The molecule has 6 nitrogen and oxygen atoms in total. The standard InChI is InChI=1S/C20H22N2O4/c1-26-17-9-7-16(8-10-17)22-19(24)13-18(20(22)25)21(11-12-23)14-15-5-3-2-4-6-15/h2-10,18,23H,11-14H2,1H3. The first-order valence-corrected chi connectivity index (χ1v) is 8.53. The topological polar surface area (TPSA) is 70.1 Å². The van der Waals surface area contributed by atoms with Gasteiger partial charge >= 0.3 is 0 Å². The van der Waals surface area contributed by atoms with Crippen LogP contribution in [0.2, 0.25) is 0 Å². The molecule has 2 amide bonds. The molecule has 1 unspecified atom stereocenters. The number of rotatable bonds is 7. The summed E-state index contributed by atoms with van der Waals surface area (Å²) in [7, 11) is 1.56. The average molecular weight is 354 g/mol. The van der Waals surface area contributed by atoms with Gasteiger partial charge in [-0.2, -0.15) is 0 Å². The molecule has 2 aromatic carbocycles. The number of aliphatic hydroxyl groups excluding tert-OH is 1. The van der Waals surface area contributed by atoms with Gasteiger partial charge in [0.2, 0.25) is 5.91 Å². The van der Waals surface area contributed by atoms with E-state index in [1.54, 1.807) is 31.4 Å². The smallest absolute Gasteiger partial charge is 0.251 e. The zero-order valence-corrected chi connectivity index (χ0v) is 14.7. The van der Waals surface area contributed by atoms with Crippen molar-refractivity contribution in [1.82, 2.24) is 4.90 Å². The number of carbonyl (C=O) groups is 2. The third-order valence-corrected chi connectivity index (χ3v) is 4.51. The molecule has 6 heteroatoms. The third kappa shape index (κ3) is 3.76. The van der Waals surface area contributed by atoms with E-state index in [1.807, 2.05) is 35.2 Å². The quantitative estimate of drug-likeness (QED) is 0.768. The maximum atomic E-state index is 12.9. The molecule has 136 valence electrons. The van der Waals surface area contributed by atoms with Crippen LogP contribution in [0.4, 0.5) is 5.69 Å². The minimum atomic E-state index is -0.572. The molecule has 1 saturated heterocycles. The molecular formula is C20H22N2O4. The highest BCUT2D eigenvalue weighted by Crippen LogP contribution is 2.28. The summed E-state index contributed by atoms with van der Waals surface area (Å²) in [5.41, 5.74) is 1.57. The minimum absolute atomic E-state index is 0.0761. The Hall–Kier alpha value is -2.70. The largest absolute Gasteiger partial charge is 0.497 e. The lowest BCUT2D eigenvalue weighted by molar-refractivity contribution is -0.123. The number of nitrogens with zero attached hydrogens (tertiary/aromatic N) is 2. The van der Waals surface area contributed by atoms with Gasteiger partial charge in [0.25, 0.3) is 5.91 Å². The van der Waals surface area contributed by atoms with Gasteiger partial charge in [-0.25, -0.2) is 4.90 Å². The van der Waals surface area contributed by atoms with Gasteiger partial charge in [-0.05, 0) is 29.8 Å². The van der Waals surface area contributed by atoms with E-state index >= 15 is 0 Å². The van der Waals surface area contributed by atoms with Crippen molar-refractivity contribution < 1.29 is 19.4 Å². The summed E-state index contributed by atoms with van der Waals surface area (Å²) in [4.78, 5) is 28.5. The van der Waals surface area contributed by atoms with Crippen LogP contribution in [0.3, 0.4) is 0 Å². The van der Waals surface area contributed by atoms with Crippen LogP contribution in [-0.2, 0) is 16.1 Å². The predicted molar refractivity (Wildman–Crippen MR) is 97.8 cm³/mol. The Labute approximate surface area is 152 Å². The van der Waals surface area contributed by atoms with Crippen molar-refractivity contribution in [2.45, 2.75) is 19.0 Å². The molecule has 0 aromatic heterocycles. The Kier molecular flexibility index (Phi) is 5.65. The molecule has 1 atom stereocenters. The molecule has 1 aliphatic rings. The molecule has 1 heterocycles. The summed E-state index contributed by atoms with van der Waals surface area (Å²) < 4.78 is 5.12. The lowest BCUT2D eigenvalue weighted by atomic mass is 10.1. The highest BCUT2D eigenvalue weighted by atomic mass is 16.5. The zero-order valence-electron chi connectivity index (χ0n) is 14.7. The third-order valence-electron chi connectivity index (χ3n) is 4.51.